The van der Waals surface area contributed by atoms with Crippen molar-refractivity contribution in [3.63, 3.8) is 0 Å². The Labute approximate surface area is 197 Å². The lowest BCUT2D eigenvalue weighted by Gasteiger charge is -2.34. The van der Waals surface area contributed by atoms with Crippen LogP contribution in [0.25, 0.3) is 11.4 Å². The first kappa shape index (κ1) is 23.6. The molecular weight excluding hydrogens is 438 g/mol. The van der Waals surface area contributed by atoms with Crippen molar-refractivity contribution in [2.75, 3.05) is 18.0 Å². The van der Waals surface area contributed by atoms with E-state index >= 15 is 0 Å². The highest BCUT2D eigenvalue weighted by molar-refractivity contribution is 5.67. The number of carboxylic acids is 1. The van der Waals surface area contributed by atoms with Crippen LogP contribution in [-0.4, -0.2) is 59.2 Å². The molecule has 0 saturated carbocycles. The second kappa shape index (κ2) is 10.6. The predicted octanol–water partition coefficient (Wildman–Crippen LogP) is 1.99. The normalized spacial score (nSPS) is 16.0. The van der Waals surface area contributed by atoms with Crippen LogP contribution in [-0.2, 0) is 31.5 Å². The number of nitrogens with zero attached hydrogens (tertiary/aromatic N) is 7. The molecule has 4 heterocycles. The molecule has 1 aliphatic rings. The van der Waals surface area contributed by atoms with Crippen LogP contribution in [0.2, 0.25) is 0 Å². The van der Waals surface area contributed by atoms with E-state index in [1.807, 2.05) is 12.1 Å². The van der Waals surface area contributed by atoms with E-state index in [0.717, 1.165) is 49.4 Å². The van der Waals surface area contributed by atoms with E-state index in [1.165, 1.54) is 6.20 Å². The molecule has 0 bridgehead atoms. The van der Waals surface area contributed by atoms with Gasteiger partial charge in [-0.3, -0.25) is 4.79 Å². The van der Waals surface area contributed by atoms with Crippen LogP contribution in [0.4, 0.5) is 5.69 Å². The predicted molar refractivity (Wildman–Crippen MR) is 123 cm³/mol. The van der Waals surface area contributed by atoms with Gasteiger partial charge in [-0.25, -0.2) is 14.6 Å². The number of carbonyl (C=O) groups is 1. The average Bonchev–Trinajstić information content (AvgIpc) is 3.22. The molecule has 0 radical (unpaired) electrons. The van der Waals surface area contributed by atoms with Gasteiger partial charge in [-0.1, -0.05) is 12.1 Å². The third kappa shape index (κ3) is 5.30. The molecule has 11 nitrogen and oxygen atoms in total. The first-order valence-electron chi connectivity index (χ1n) is 11.4. The van der Waals surface area contributed by atoms with Crippen molar-refractivity contribution >= 4 is 11.7 Å². The average molecular weight is 468 g/mol. The van der Waals surface area contributed by atoms with E-state index in [9.17, 15) is 15.0 Å². The maximum absolute atomic E-state index is 11.2. The quantitative estimate of drug-likeness (QED) is 0.480. The number of aryl methyl sites for hydroxylation is 2. The number of hydrogen-bond donors (Lipinski definition) is 2. The van der Waals surface area contributed by atoms with Crippen molar-refractivity contribution in [3.05, 3.63) is 41.5 Å². The van der Waals surface area contributed by atoms with E-state index in [-0.39, 0.29) is 31.6 Å². The number of aromatic nitrogens is 6. The van der Waals surface area contributed by atoms with Gasteiger partial charge in [-0.15, -0.1) is 5.10 Å². The summed E-state index contributed by atoms with van der Waals surface area (Å²) in [4.78, 5) is 26.5. The molecule has 0 spiro atoms. The van der Waals surface area contributed by atoms with E-state index in [4.69, 9.17) is 9.72 Å². The van der Waals surface area contributed by atoms with Gasteiger partial charge >= 0.3 is 12.0 Å². The van der Waals surface area contributed by atoms with E-state index in [0.29, 0.717) is 17.1 Å². The molecule has 4 rings (SSSR count). The smallest absolute Gasteiger partial charge is 0.317 e. The highest BCUT2D eigenvalue weighted by Gasteiger charge is 2.25. The summed E-state index contributed by atoms with van der Waals surface area (Å²) in [7, 11) is 1.78. The van der Waals surface area contributed by atoms with Crippen molar-refractivity contribution in [1.82, 2.24) is 29.9 Å². The number of aliphatic hydroxyl groups is 1. The summed E-state index contributed by atoms with van der Waals surface area (Å²) in [6.07, 6.45) is 4.36. The highest BCUT2D eigenvalue weighted by atomic mass is 16.5. The van der Waals surface area contributed by atoms with Crippen LogP contribution < -0.4 is 9.64 Å². The minimum atomic E-state index is -0.748. The molecule has 0 aliphatic carbocycles. The van der Waals surface area contributed by atoms with Gasteiger partial charge < -0.3 is 19.8 Å². The third-order valence-corrected chi connectivity index (χ3v) is 5.98. The summed E-state index contributed by atoms with van der Waals surface area (Å²) in [5.41, 5.74) is 4.48. The molecule has 1 atom stereocenters. The zero-order valence-electron chi connectivity index (χ0n) is 19.4. The van der Waals surface area contributed by atoms with Crippen LogP contribution >= 0.6 is 0 Å². The lowest BCUT2D eigenvalue weighted by atomic mass is 9.94. The Bertz CT molecular complexity index is 1150. The molecule has 0 unspecified atom stereocenters. The summed E-state index contributed by atoms with van der Waals surface area (Å²) in [5, 5.41) is 26.9. The Morgan fingerprint density at radius 1 is 1.26 bits per heavy atom. The molecule has 1 aliphatic heterocycles. The molecule has 3 aromatic rings. The standard InChI is InChI=1S/C23H29N7O4/c1-3-17-19(30-10-4-5-15(12-30)11-21(32)33)7-6-18(26-17)22-20(29(2)28-27-22)14-34-23-24-9-8-16(13-31)25-23/h6-9,15,31H,3-5,10-14H2,1-2H3,(H,32,33)/t15-/m1/s1. The number of pyridine rings is 1. The third-order valence-electron chi connectivity index (χ3n) is 5.98. The Balaban J connectivity index is 1.55. The number of rotatable bonds is 9. The number of hydrogen-bond acceptors (Lipinski definition) is 9. The van der Waals surface area contributed by atoms with Gasteiger partial charge in [0.1, 0.15) is 18.0 Å². The van der Waals surface area contributed by atoms with Gasteiger partial charge in [-0.2, -0.15) is 4.98 Å². The molecule has 2 N–H and O–H groups in total. The topological polar surface area (TPSA) is 139 Å². The number of piperidine rings is 1. The van der Waals surface area contributed by atoms with Crippen molar-refractivity contribution < 1.29 is 19.7 Å². The van der Waals surface area contributed by atoms with Crippen LogP contribution in [0, 0.1) is 5.92 Å². The lowest BCUT2D eigenvalue weighted by molar-refractivity contribution is -0.138. The summed E-state index contributed by atoms with van der Waals surface area (Å²) in [6.45, 7) is 3.61. The Morgan fingerprint density at radius 3 is 2.88 bits per heavy atom. The monoisotopic (exact) mass is 467 g/mol. The fraction of sp³-hybridized carbons (Fsp3) is 0.478. The van der Waals surface area contributed by atoms with Crippen molar-refractivity contribution in [1.29, 1.82) is 0 Å². The van der Waals surface area contributed by atoms with Crippen LogP contribution in [0.15, 0.2) is 24.4 Å². The number of carboxylic acid groups (broad SMARTS) is 1. The van der Waals surface area contributed by atoms with Gasteiger partial charge in [0.15, 0.2) is 0 Å². The fourth-order valence-electron chi connectivity index (χ4n) is 4.28. The summed E-state index contributed by atoms with van der Waals surface area (Å²) < 4.78 is 7.37. The molecule has 34 heavy (non-hydrogen) atoms. The first-order valence-corrected chi connectivity index (χ1v) is 11.4. The second-order valence-electron chi connectivity index (χ2n) is 8.35. The van der Waals surface area contributed by atoms with E-state index < -0.39 is 5.97 Å². The Kier molecular flexibility index (Phi) is 7.31. The molecule has 1 saturated heterocycles. The van der Waals surface area contributed by atoms with Crippen LogP contribution in [0.3, 0.4) is 0 Å². The fourth-order valence-corrected chi connectivity index (χ4v) is 4.28. The molecule has 3 aromatic heterocycles. The maximum atomic E-state index is 11.2. The second-order valence-corrected chi connectivity index (χ2v) is 8.35. The molecule has 0 aromatic carbocycles. The van der Waals surface area contributed by atoms with Crippen molar-refractivity contribution in [2.24, 2.45) is 13.0 Å². The van der Waals surface area contributed by atoms with Gasteiger partial charge in [0, 0.05) is 32.8 Å². The zero-order valence-corrected chi connectivity index (χ0v) is 19.4. The minimum Gasteiger partial charge on any atom is -0.481 e. The highest BCUT2D eigenvalue weighted by Crippen LogP contribution is 2.30. The number of ether oxygens (including phenoxy) is 1. The molecule has 1 fully saturated rings. The van der Waals surface area contributed by atoms with Gasteiger partial charge in [0.05, 0.1) is 29.4 Å². The molecular formula is C23H29N7O4. The van der Waals surface area contributed by atoms with Crippen molar-refractivity contribution in [2.45, 2.75) is 45.8 Å². The lowest BCUT2D eigenvalue weighted by Crippen LogP contribution is -2.37. The number of aliphatic hydroxyl groups excluding tert-OH is 1. The van der Waals surface area contributed by atoms with Gasteiger partial charge in [0.2, 0.25) is 0 Å². The van der Waals surface area contributed by atoms with Crippen LogP contribution in [0.1, 0.15) is 43.3 Å². The summed E-state index contributed by atoms with van der Waals surface area (Å²) in [6, 6.07) is 5.74. The van der Waals surface area contributed by atoms with Crippen molar-refractivity contribution in [3.8, 4) is 17.4 Å². The van der Waals surface area contributed by atoms with Gasteiger partial charge in [-0.05, 0) is 43.4 Å². The first-order chi connectivity index (χ1) is 16.5. The largest absolute Gasteiger partial charge is 0.481 e. The molecule has 180 valence electrons. The SMILES string of the molecule is CCc1nc(-c2nnn(C)c2COc2nccc(CO)n2)ccc1N1CCC[C@H](CC(=O)O)C1. The zero-order chi connectivity index (χ0) is 24.1. The summed E-state index contributed by atoms with van der Waals surface area (Å²) >= 11 is 0. The number of aliphatic carboxylic acids is 1. The van der Waals surface area contributed by atoms with Crippen LogP contribution in [0.5, 0.6) is 6.01 Å². The molecule has 11 heteroatoms. The summed E-state index contributed by atoms with van der Waals surface area (Å²) in [5.74, 6) is -0.604. The van der Waals surface area contributed by atoms with Gasteiger partial charge in [0.25, 0.3) is 0 Å². The minimum absolute atomic E-state index is 0.140. The molecule has 0 amide bonds. The maximum Gasteiger partial charge on any atom is 0.317 e. The Hall–Kier alpha value is -3.60. The van der Waals surface area contributed by atoms with E-state index in [1.54, 1.807) is 17.8 Å². The number of anilines is 1. The van der Waals surface area contributed by atoms with E-state index in [2.05, 4.69) is 32.1 Å². The Morgan fingerprint density at radius 2 is 2.12 bits per heavy atom.